The Morgan fingerprint density at radius 2 is 2.19 bits per heavy atom. The lowest BCUT2D eigenvalue weighted by Crippen LogP contribution is -2.23. The maximum atomic E-state index is 12.1. The summed E-state index contributed by atoms with van der Waals surface area (Å²) in [6, 6.07) is 3.17. The third-order valence-electron chi connectivity index (χ3n) is 2.32. The lowest BCUT2D eigenvalue weighted by Gasteiger charge is -2.09. The van der Waals surface area contributed by atoms with E-state index in [1.54, 1.807) is 0 Å². The Morgan fingerprint density at radius 1 is 1.43 bits per heavy atom. The van der Waals surface area contributed by atoms with E-state index in [9.17, 15) is 17.2 Å². The number of alkyl halides is 2. The van der Waals surface area contributed by atoms with Gasteiger partial charge in [0.1, 0.15) is 17.9 Å². The summed E-state index contributed by atoms with van der Waals surface area (Å²) in [4.78, 5) is 3.57. The van der Waals surface area contributed by atoms with E-state index in [4.69, 9.17) is 11.6 Å². The average Bonchev–Trinajstić information content (AvgIpc) is 2.91. The highest BCUT2D eigenvalue weighted by atomic mass is 35.5. The standard InChI is InChI=1S/C10H9ClF2N4O3S/c11-7-3-6(1-2-8(7)20-10(12)13)21(18,19)16-4-9-14-5-15-17-9/h1-3,5,10,16H,4H2,(H,14,15,17). The molecule has 0 fully saturated rings. The van der Waals surface area contributed by atoms with Crippen molar-refractivity contribution in [1.29, 1.82) is 0 Å². The largest absolute Gasteiger partial charge is 0.433 e. The molecule has 21 heavy (non-hydrogen) atoms. The minimum absolute atomic E-state index is 0.102. The van der Waals surface area contributed by atoms with E-state index in [0.29, 0.717) is 5.82 Å². The average molecular weight is 339 g/mol. The Hall–Kier alpha value is -1.78. The van der Waals surface area contributed by atoms with E-state index < -0.39 is 16.6 Å². The van der Waals surface area contributed by atoms with Crippen LogP contribution in [0.15, 0.2) is 29.4 Å². The Bertz CT molecular complexity index is 709. The van der Waals surface area contributed by atoms with Gasteiger partial charge in [0.25, 0.3) is 0 Å². The van der Waals surface area contributed by atoms with Crippen molar-refractivity contribution in [2.24, 2.45) is 0 Å². The first-order valence-corrected chi connectivity index (χ1v) is 7.33. The summed E-state index contributed by atoms with van der Waals surface area (Å²) in [6.45, 7) is -3.15. The van der Waals surface area contributed by atoms with Crippen LogP contribution in [-0.4, -0.2) is 30.2 Å². The third-order valence-corrected chi connectivity index (χ3v) is 4.02. The highest BCUT2D eigenvalue weighted by molar-refractivity contribution is 7.89. The first kappa shape index (κ1) is 15.6. The third kappa shape index (κ3) is 4.09. The van der Waals surface area contributed by atoms with Gasteiger partial charge in [-0.2, -0.15) is 13.9 Å². The molecule has 0 saturated carbocycles. The molecule has 0 aliphatic rings. The molecule has 1 aromatic heterocycles. The second-order valence-corrected chi connectivity index (χ2v) is 5.90. The van der Waals surface area contributed by atoms with Gasteiger partial charge in [-0.3, -0.25) is 5.10 Å². The van der Waals surface area contributed by atoms with Crippen LogP contribution in [0.5, 0.6) is 5.75 Å². The van der Waals surface area contributed by atoms with Gasteiger partial charge in [0.05, 0.1) is 16.5 Å². The molecular weight excluding hydrogens is 330 g/mol. The van der Waals surface area contributed by atoms with Gasteiger partial charge >= 0.3 is 6.61 Å². The van der Waals surface area contributed by atoms with Crippen molar-refractivity contribution in [3.8, 4) is 5.75 Å². The highest BCUT2D eigenvalue weighted by Gasteiger charge is 2.17. The van der Waals surface area contributed by atoms with Crippen LogP contribution in [-0.2, 0) is 16.6 Å². The first-order chi connectivity index (χ1) is 9.88. The van der Waals surface area contributed by atoms with Crippen molar-refractivity contribution < 1.29 is 21.9 Å². The van der Waals surface area contributed by atoms with E-state index in [1.807, 2.05) is 0 Å². The topological polar surface area (TPSA) is 97.0 Å². The van der Waals surface area contributed by atoms with E-state index in [1.165, 1.54) is 6.33 Å². The molecule has 1 aromatic carbocycles. The molecule has 0 aliphatic heterocycles. The molecule has 2 N–H and O–H groups in total. The lowest BCUT2D eigenvalue weighted by molar-refractivity contribution is -0.0498. The smallest absolute Gasteiger partial charge is 0.387 e. The number of halogens is 3. The van der Waals surface area contributed by atoms with Gasteiger partial charge in [0.2, 0.25) is 10.0 Å². The van der Waals surface area contributed by atoms with Crippen LogP contribution in [0, 0.1) is 0 Å². The summed E-state index contributed by atoms with van der Waals surface area (Å²) >= 11 is 5.70. The number of sulfonamides is 1. The van der Waals surface area contributed by atoms with E-state index in [-0.39, 0.29) is 22.2 Å². The van der Waals surface area contributed by atoms with Crippen LogP contribution in [0.2, 0.25) is 5.02 Å². The predicted octanol–water partition coefficient (Wildman–Crippen LogP) is 1.54. The molecule has 0 atom stereocenters. The van der Waals surface area contributed by atoms with E-state index in [0.717, 1.165) is 18.2 Å². The summed E-state index contributed by atoms with van der Waals surface area (Å²) in [5.74, 6) is 0.0168. The van der Waals surface area contributed by atoms with Gasteiger partial charge < -0.3 is 4.74 Å². The fraction of sp³-hybridized carbons (Fsp3) is 0.200. The molecule has 0 saturated heterocycles. The van der Waals surface area contributed by atoms with Crippen molar-refractivity contribution >= 4 is 21.6 Å². The maximum Gasteiger partial charge on any atom is 0.387 e. The number of nitrogens with one attached hydrogen (secondary N) is 2. The van der Waals surface area contributed by atoms with E-state index in [2.05, 4.69) is 24.6 Å². The van der Waals surface area contributed by atoms with Gasteiger partial charge in [-0.05, 0) is 18.2 Å². The van der Waals surface area contributed by atoms with Gasteiger partial charge in [-0.15, -0.1) is 0 Å². The number of benzene rings is 1. The molecular formula is C10H9ClF2N4O3S. The molecule has 0 bridgehead atoms. The van der Waals surface area contributed by atoms with Gasteiger partial charge in [0.15, 0.2) is 0 Å². The zero-order valence-electron chi connectivity index (χ0n) is 10.3. The Labute approximate surface area is 123 Å². The molecule has 0 spiro atoms. The molecule has 0 amide bonds. The number of hydrogen-bond donors (Lipinski definition) is 2. The van der Waals surface area contributed by atoms with Gasteiger partial charge in [-0.25, -0.2) is 18.1 Å². The summed E-state index contributed by atoms with van der Waals surface area (Å²) in [6.07, 6.45) is 1.23. The zero-order valence-corrected chi connectivity index (χ0v) is 11.8. The maximum absolute atomic E-state index is 12.1. The SMILES string of the molecule is O=S(=O)(NCc1ncn[nH]1)c1ccc(OC(F)F)c(Cl)c1. The van der Waals surface area contributed by atoms with Crippen LogP contribution in [0.25, 0.3) is 0 Å². The van der Waals surface area contributed by atoms with Crippen molar-refractivity contribution in [2.75, 3.05) is 0 Å². The summed E-state index contributed by atoms with van der Waals surface area (Å²) in [5, 5.41) is 5.82. The monoisotopic (exact) mass is 338 g/mol. The Balaban J connectivity index is 2.14. The van der Waals surface area contributed by atoms with Crippen LogP contribution >= 0.6 is 11.6 Å². The number of nitrogens with zero attached hydrogens (tertiary/aromatic N) is 2. The number of ether oxygens (including phenoxy) is 1. The Kier molecular flexibility index (Phi) is 4.70. The van der Waals surface area contributed by atoms with Crippen molar-refractivity contribution in [2.45, 2.75) is 18.1 Å². The lowest BCUT2D eigenvalue weighted by atomic mass is 10.3. The number of rotatable bonds is 6. The Morgan fingerprint density at radius 3 is 2.76 bits per heavy atom. The normalized spacial score (nSPS) is 11.8. The highest BCUT2D eigenvalue weighted by Crippen LogP contribution is 2.28. The number of aromatic amines is 1. The molecule has 114 valence electrons. The van der Waals surface area contributed by atoms with Crippen molar-refractivity contribution in [3.05, 3.63) is 35.4 Å². The van der Waals surface area contributed by atoms with Crippen LogP contribution in [0.1, 0.15) is 5.82 Å². The fourth-order valence-corrected chi connectivity index (χ4v) is 2.71. The second-order valence-electron chi connectivity index (χ2n) is 3.73. The summed E-state index contributed by atoms with van der Waals surface area (Å²) in [5.41, 5.74) is 0. The minimum Gasteiger partial charge on any atom is -0.433 e. The zero-order chi connectivity index (χ0) is 15.5. The van der Waals surface area contributed by atoms with Crippen LogP contribution in [0.3, 0.4) is 0 Å². The molecule has 0 aliphatic carbocycles. The molecule has 7 nitrogen and oxygen atoms in total. The van der Waals surface area contributed by atoms with Crippen molar-refractivity contribution in [1.82, 2.24) is 19.9 Å². The second kappa shape index (κ2) is 6.33. The van der Waals surface area contributed by atoms with Gasteiger partial charge in [-0.1, -0.05) is 11.6 Å². The van der Waals surface area contributed by atoms with Crippen LogP contribution < -0.4 is 9.46 Å². The summed E-state index contributed by atoms with van der Waals surface area (Å²) in [7, 11) is -3.87. The minimum atomic E-state index is -3.87. The molecule has 2 rings (SSSR count). The molecule has 0 unspecified atom stereocenters. The van der Waals surface area contributed by atoms with Crippen molar-refractivity contribution in [3.63, 3.8) is 0 Å². The molecule has 11 heteroatoms. The first-order valence-electron chi connectivity index (χ1n) is 5.47. The van der Waals surface area contributed by atoms with Gasteiger partial charge in [0, 0.05) is 0 Å². The quantitative estimate of drug-likeness (QED) is 0.832. The number of aromatic nitrogens is 3. The summed E-state index contributed by atoms with van der Waals surface area (Å²) < 4.78 is 54.5. The molecule has 0 radical (unpaired) electrons. The van der Waals surface area contributed by atoms with Crippen LogP contribution in [0.4, 0.5) is 8.78 Å². The fourth-order valence-electron chi connectivity index (χ4n) is 1.40. The molecule has 2 aromatic rings. The number of H-pyrrole nitrogens is 1. The van der Waals surface area contributed by atoms with E-state index >= 15 is 0 Å². The molecule has 1 heterocycles. The predicted molar refractivity (Wildman–Crippen MR) is 68.5 cm³/mol. The number of hydrogen-bond acceptors (Lipinski definition) is 5.